The summed E-state index contributed by atoms with van der Waals surface area (Å²) >= 11 is 9.20. The van der Waals surface area contributed by atoms with Crippen molar-refractivity contribution in [2.24, 2.45) is 7.05 Å². The lowest BCUT2D eigenvalue weighted by atomic mass is 10.2. The topological polar surface area (TPSA) is 29.9 Å². The van der Waals surface area contributed by atoms with Gasteiger partial charge in [-0.1, -0.05) is 27.5 Å². The van der Waals surface area contributed by atoms with E-state index in [4.69, 9.17) is 11.6 Å². The Kier molecular flexibility index (Phi) is 4.37. The summed E-state index contributed by atoms with van der Waals surface area (Å²) in [6.07, 6.45) is 1.60. The largest absolute Gasteiger partial charge is 0.321 e. The first kappa shape index (κ1) is 13.5. The van der Waals surface area contributed by atoms with Crippen LogP contribution in [0.25, 0.3) is 0 Å². The van der Waals surface area contributed by atoms with E-state index in [-0.39, 0.29) is 5.82 Å². The summed E-state index contributed by atoms with van der Waals surface area (Å²) in [7, 11) is 1.84. The van der Waals surface area contributed by atoms with Gasteiger partial charge in [0.2, 0.25) is 0 Å². The van der Waals surface area contributed by atoms with Gasteiger partial charge < -0.3 is 9.88 Å². The molecule has 0 bridgehead atoms. The van der Waals surface area contributed by atoms with Crippen LogP contribution in [0.3, 0.4) is 0 Å². The van der Waals surface area contributed by atoms with Gasteiger partial charge in [0.05, 0.1) is 12.7 Å². The molecule has 0 aliphatic rings. The normalized spacial score (nSPS) is 10.9. The molecule has 0 fully saturated rings. The number of hydrogen-bond donors (Lipinski definition) is 1. The molecule has 1 aromatic carbocycles. The van der Waals surface area contributed by atoms with Crippen molar-refractivity contribution < 1.29 is 4.39 Å². The number of rotatable bonds is 4. The fourth-order valence-corrected chi connectivity index (χ4v) is 2.13. The summed E-state index contributed by atoms with van der Waals surface area (Å²) in [5.41, 5.74) is 0.615. The molecule has 0 aliphatic heterocycles. The molecule has 0 unspecified atom stereocenters. The lowest BCUT2D eigenvalue weighted by molar-refractivity contribution is 0.577. The van der Waals surface area contributed by atoms with Gasteiger partial charge >= 0.3 is 0 Å². The van der Waals surface area contributed by atoms with E-state index in [0.29, 0.717) is 23.8 Å². The highest BCUT2D eigenvalue weighted by atomic mass is 79.9. The Labute approximate surface area is 118 Å². The highest BCUT2D eigenvalue weighted by molar-refractivity contribution is 9.10. The second kappa shape index (κ2) is 5.82. The average Bonchev–Trinajstić information content (AvgIpc) is 2.65. The summed E-state index contributed by atoms with van der Waals surface area (Å²) in [5.74, 6) is 0.596. The number of benzene rings is 1. The number of nitrogens with zero attached hydrogens (tertiary/aromatic N) is 2. The molecule has 3 nitrogen and oxygen atoms in total. The molecule has 2 rings (SSSR count). The van der Waals surface area contributed by atoms with Crippen molar-refractivity contribution in [3.05, 3.63) is 51.2 Å². The van der Waals surface area contributed by atoms with Gasteiger partial charge in [-0.2, -0.15) is 0 Å². The van der Waals surface area contributed by atoms with E-state index in [9.17, 15) is 4.39 Å². The van der Waals surface area contributed by atoms with Crippen molar-refractivity contribution in [1.29, 1.82) is 0 Å². The predicted octanol–water partition coefficient (Wildman–Crippen LogP) is 3.26. The minimum Gasteiger partial charge on any atom is -0.321 e. The Morgan fingerprint density at radius 1 is 1.44 bits per heavy atom. The second-order valence-electron chi connectivity index (χ2n) is 3.90. The van der Waals surface area contributed by atoms with E-state index in [1.807, 2.05) is 7.05 Å². The molecule has 0 saturated carbocycles. The van der Waals surface area contributed by atoms with E-state index < -0.39 is 0 Å². The quantitative estimate of drug-likeness (QED) is 0.931. The molecule has 0 aliphatic carbocycles. The smallest absolute Gasteiger partial charge is 0.128 e. The van der Waals surface area contributed by atoms with Gasteiger partial charge in [-0.15, -0.1) is 0 Å². The van der Waals surface area contributed by atoms with E-state index in [1.165, 1.54) is 6.07 Å². The molecule has 2 aromatic rings. The zero-order chi connectivity index (χ0) is 13.1. The Morgan fingerprint density at radius 2 is 2.22 bits per heavy atom. The summed E-state index contributed by atoms with van der Waals surface area (Å²) in [4.78, 5) is 4.15. The van der Waals surface area contributed by atoms with Crippen molar-refractivity contribution in [2.45, 2.75) is 13.1 Å². The maximum Gasteiger partial charge on any atom is 0.128 e. The Balaban J connectivity index is 1.96. The first-order valence-electron chi connectivity index (χ1n) is 5.38. The first-order valence-corrected chi connectivity index (χ1v) is 6.56. The van der Waals surface area contributed by atoms with Crippen LogP contribution in [0.1, 0.15) is 11.4 Å². The number of nitrogens with one attached hydrogen (secondary N) is 1. The predicted molar refractivity (Wildman–Crippen MR) is 72.9 cm³/mol. The van der Waals surface area contributed by atoms with Crippen molar-refractivity contribution in [3.63, 3.8) is 0 Å². The lowest BCUT2D eigenvalue weighted by Crippen LogP contribution is -2.16. The Hall–Kier alpha value is -0.910. The van der Waals surface area contributed by atoms with Crippen LogP contribution in [0, 0.1) is 5.82 Å². The Morgan fingerprint density at radius 3 is 2.89 bits per heavy atom. The van der Waals surface area contributed by atoms with Crippen LogP contribution >= 0.6 is 27.5 Å². The highest BCUT2D eigenvalue weighted by Crippen LogP contribution is 2.15. The van der Waals surface area contributed by atoms with Gasteiger partial charge in [0.15, 0.2) is 0 Å². The van der Waals surface area contributed by atoms with Crippen LogP contribution in [0.15, 0.2) is 28.9 Å². The van der Waals surface area contributed by atoms with E-state index in [0.717, 1.165) is 10.3 Å². The first-order chi connectivity index (χ1) is 8.58. The number of aromatic nitrogens is 2. The molecule has 1 N–H and O–H groups in total. The third-order valence-electron chi connectivity index (χ3n) is 2.63. The molecule has 0 radical (unpaired) electrons. The van der Waals surface area contributed by atoms with E-state index in [1.54, 1.807) is 22.9 Å². The Bertz CT molecular complexity index is 556. The van der Waals surface area contributed by atoms with Crippen molar-refractivity contribution >= 4 is 27.5 Å². The van der Waals surface area contributed by atoms with Crippen LogP contribution in [-0.4, -0.2) is 9.55 Å². The molecular weight excluding hydrogens is 321 g/mol. The van der Waals surface area contributed by atoms with Crippen LogP contribution < -0.4 is 5.32 Å². The molecule has 0 atom stereocenters. The second-order valence-corrected chi connectivity index (χ2v) is 5.20. The van der Waals surface area contributed by atoms with Gasteiger partial charge in [0, 0.05) is 23.6 Å². The van der Waals surface area contributed by atoms with Crippen molar-refractivity contribution in [3.8, 4) is 0 Å². The maximum absolute atomic E-state index is 13.5. The zero-order valence-corrected chi connectivity index (χ0v) is 12.1. The van der Waals surface area contributed by atoms with Gasteiger partial charge in [0.25, 0.3) is 0 Å². The molecule has 6 heteroatoms. The molecular formula is C12H12BrClFN3. The standard InChI is InChI=1S/C12H12BrClFN3/c1-18-11(14)6-17-12(18)7-16-5-8-4-9(13)2-3-10(8)15/h2-4,6,16H,5,7H2,1H3. The number of imidazole rings is 1. The third kappa shape index (κ3) is 3.10. The van der Waals surface area contributed by atoms with Gasteiger partial charge in [-0.3, -0.25) is 0 Å². The summed E-state index contributed by atoms with van der Waals surface area (Å²) in [6, 6.07) is 4.88. The fourth-order valence-electron chi connectivity index (χ4n) is 1.58. The molecule has 0 amide bonds. The fraction of sp³-hybridized carbons (Fsp3) is 0.250. The molecule has 0 spiro atoms. The van der Waals surface area contributed by atoms with Crippen LogP contribution in [0.4, 0.5) is 4.39 Å². The number of hydrogen-bond acceptors (Lipinski definition) is 2. The minimum absolute atomic E-state index is 0.219. The van der Waals surface area contributed by atoms with Gasteiger partial charge in [-0.25, -0.2) is 9.37 Å². The number of halogens is 3. The van der Waals surface area contributed by atoms with Gasteiger partial charge in [0.1, 0.15) is 16.8 Å². The van der Waals surface area contributed by atoms with Gasteiger partial charge in [-0.05, 0) is 18.2 Å². The van der Waals surface area contributed by atoms with Crippen LogP contribution in [0.2, 0.25) is 5.15 Å². The monoisotopic (exact) mass is 331 g/mol. The summed E-state index contributed by atoms with van der Waals surface area (Å²) in [5, 5.41) is 3.72. The minimum atomic E-state index is -0.219. The molecule has 18 heavy (non-hydrogen) atoms. The highest BCUT2D eigenvalue weighted by Gasteiger charge is 2.05. The van der Waals surface area contributed by atoms with Crippen LogP contribution in [0.5, 0.6) is 0 Å². The van der Waals surface area contributed by atoms with Crippen molar-refractivity contribution in [1.82, 2.24) is 14.9 Å². The van der Waals surface area contributed by atoms with Crippen LogP contribution in [-0.2, 0) is 20.1 Å². The SMILES string of the molecule is Cn1c(Cl)cnc1CNCc1cc(Br)ccc1F. The molecule has 1 aromatic heterocycles. The molecule has 1 heterocycles. The lowest BCUT2D eigenvalue weighted by Gasteiger charge is -2.07. The molecule has 0 saturated heterocycles. The van der Waals surface area contributed by atoms with E-state index in [2.05, 4.69) is 26.2 Å². The summed E-state index contributed by atoms with van der Waals surface area (Å²) < 4.78 is 16.1. The third-order valence-corrected chi connectivity index (χ3v) is 3.48. The molecule has 96 valence electrons. The van der Waals surface area contributed by atoms with E-state index >= 15 is 0 Å². The zero-order valence-electron chi connectivity index (χ0n) is 9.75. The maximum atomic E-state index is 13.5. The average molecular weight is 333 g/mol. The van der Waals surface area contributed by atoms with Crippen molar-refractivity contribution in [2.75, 3.05) is 0 Å². The summed E-state index contributed by atoms with van der Waals surface area (Å²) in [6.45, 7) is 0.977.